The van der Waals surface area contributed by atoms with Crippen LogP contribution in [-0.4, -0.2) is 48.6 Å². The fourth-order valence-corrected chi connectivity index (χ4v) is 2.71. The second-order valence-electron chi connectivity index (χ2n) is 5.31. The molecule has 0 aromatic carbocycles. The van der Waals surface area contributed by atoms with Gasteiger partial charge in [-0.2, -0.15) is 0 Å². The van der Waals surface area contributed by atoms with Crippen molar-refractivity contribution in [2.24, 2.45) is 5.92 Å². The molecule has 0 amide bonds. The molecular formula is C13H21ClN4. The predicted octanol–water partition coefficient (Wildman–Crippen LogP) is 2.22. The number of aromatic nitrogens is 2. The van der Waals surface area contributed by atoms with E-state index in [0.29, 0.717) is 5.15 Å². The van der Waals surface area contributed by atoms with E-state index in [0.717, 1.165) is 30.4 Å². The van der Waals surface area contributed by atoms with Crippen molar-refractivity contribution < 1.29 is 0 Å². The Morgan fingerprint density at radius 3 is 2.61 bits per heavy atom. The van der Waals surface area contributed by atoms with Crippen LogP contribution in [0.2, 0.25) is 5.15 Å². The van der Waals surface area contributed by atoms with E-state index in [1.165, 1.54) is 19.4 Å². The molecule has 1 aliphatic heterocycles. The van der Waals surface area contributed by atoms with E-state index in [9.17, 15) is 0 Å². The summed E-state index contributed by atoms with van der Waals surface area (Å²) in [5.74, 6) is 1.80. The van der Waals surface area contributed by atoms with E-state index in [1.807, 2.05) is 6.92 Å². The normalized spacial score (nSPS) is 17.5. The quantitative estimate of drug-likeness (QED) is 0.787. The van der Waals surface area contributed by atoms with Crippen molar-refractivity contribution >= 4 is 17.4 Å². The highest BCUT2D eigenvalue weighted by Crippen LogP contribution is 2.26. The van der Waals surface area contributed by atoms with Crippen molar-refractivity contribution in [2.75, 3.05) is 38.6 Å². The SMILES string of the molecule is Cc1c(Cl)ncnc1N1CCC(CN(C)C)CC1. The summed E-state index contributed by atoms with van der Waals surface area (Å²) in [6, 6.07) is 0. The largest absolute Gasteiger partial charge is 0.356 e. The average Bonchev–Trinajstić information content (AvgIpc) is 2.33. The number of rotatable bonds is 3. The summed E-state index contributed by atoms with van der Waals surface area (Å²) < 4.78 is 0. The number of hydrogen-bond donors (Lipinski definition) is 0. The van der Waals surface area contributed by atoms with Crippen molar-refractivity contribution in [1.29, 1.82) is 0 Å². The van der Waals surface area contributed by atoms with Crippen LogP contribution in [0.4, 0.5) is 5.82 Å². The number of halogens is 1. The smallest absolute Gasteiger partial charge is 0.137 e. The fraction of sp³-hybridized carbons (Fsp3) is 0.692. The molecule has 5 heteroatoms. The Balaban J connectivity index is 1.99. The van der Waals surface area contributed by atoms with Crippen LogP contribution in [0.5, 0.6) is 0 Å². The molecule has 0 atom stereocenters. The third-order valence-corrected chi connectivity index (χ3v) is 3.91. The molecule has 0 bridgehead atoms. The van der Waals surface area contributed by atoms with Crippen LogP contribution < -0.4 is 4.90 Å². The van der Waals surface area contributed by atoms with Crippen molar-refractivity contribution in [2.45, 2.75) is 19.8 Å². The first-order valence-electron chi connectivity index (χ1n) is 6.44. The van der Waals surface area contributed by atoms with E-state index in [2.05, 4.69) is 33.9 Å². The third kappa shape index (κ3) is 3.12. The summed E-state index contributed by atoms with van der Waals surface area (Å²) in [5.41, 5.74) is 0.991. The molecule has 1 aromatic heterocycles. The molecule has 18 heavy (non-hydrogen) atoms. The summed E-state index contributed by atoms with van der Waals surface area (Å²) >= 11 is 6.05. The molecule has 1 aliphatic rings. The van der Waals surface area contributed by atoms with Gasteiger partial charge in [0.15, 0.2) is 0 Å². The van der Waals surface area contributed by atoms with E-state index >= 15 is 0 Å². The Labute approximate surface area is 114 Å². The van der Waals surface area contributed by atoms with Gasteiger partial charge >= 0.3 is 0 Å². The summed E-state index contributed by atoms with van der Waals surface area (Å²) in [6.45, 7) is 5.29. The van der Waals surface area contributed by atoms with Crippen LogP contribution >= 0.6 is 11.6 Å². The Morgan fingerprint density at radius 2 is 2.00 bits per heavy atom. The summed E-state index contributed by atoms with van der Waals surface area (Å²) in [5, 5.41) is 0.565. The number of piperidine rings is 1. The molecule has 1 fully saturated rings. The molecule has 0 unspecified atom stereocenters. The van der Waals surface area contributed by atoms with Gasteiger partial charge in [-0.1, -0.05) is 11.6 Å². The maximum atomic E-state index is 6.05. The highest BCUT2D eigenvalue weighted by molar-refractivity contribution is 6.30. The highest BCUT2D eigenvalue weighted by atomic mass is 35.5. The Hall–Kier alpha value is -0.870. The van der Waals surface area contributed by atoms with Gasteiger partial charge < -0.3 is 9.80 Å². The molecule has 1 aromatic rings. The maximum Gasteiger partial charge on any atom is 0.137 e. The molecule has 0 radical (unpaired) electrons. The molecule has 2 rings (SSSR count). The Morgan fingerprint density at radius 1 is 1.33 bits per heavy atom. The molecule has 0 spiro atoms. The van der Waals surface area contributed by atoms with Crippen LogP contribution in [0.15, 0.2) is 6.33 Å². The van der Waals surface area contributed by atoms with Gasteiger partial charge in [0, 0.05) is 25.2 Å². The number of hydrogen-bond acceptors (Lipinski definition) is 4. The second kappa shape index (κ2) is 5.85. The zero-order chi connectivity index (χ0) is 13.1. The highest BCUT2D eigenvalue weighted by Gasteiger charge is 2.22. The van der Waals surface area contributed by atoms with Gasteiger partial charge in [0.05, 0.1) is 0 Å². The molecule has 0 N–H and O–H groups in total. The summed E-state index contributed by atoms with van der Waals surface area (Å²) in [7, 11) is 4.28. The van der Waals surface area contributed by atoms with Gasteiger partial charge in [0.1, 0.15) is 17.3 Å². The lowest BCUT2D eigenvalue weighted by molar-refractivity contribution is 0.284. The summed E-state index contributed by atoms with van der Waals surface area (Å²) in [6.07, 6.45) is 4.00. The van der Waals surface area contributed by atoms with E-state index in [1.54, 1.807) is 6.33 Å². The molecular weight excluding hydrogens is 248 g/mol. The first-order valence-corrected chi connectivity index (χ1v) is 6.82. The molecule has 4 nitrogen and oxygen atoms in total. The lowest BCUT2D eigenvalue weighted by atomic mass is 9.96. The van der Waals surface area contributed by atoms with Gasteiger partial charge in [0.2, 0.25) is 0 Å². The van der Waals surface area contributed by atoms with Crippen LogP contribution in [0.3, 0.4) is 0 Å². The fourth-order valence-electron chi connectivity index (χ4n) is 2.58. The molecule has 0 saturated carbocycles. The van der Waals surface area contributed by atoms with E-state index < -0.39 is 0 Å². The van der Waals surface area contributed by atoms with Crippen LogP contribution in [0, 0.1) is 12.8 Å². The number of anilines is 1. The van der Waals surface area contributed by atoms with E-state index in [4.69, 9.17) is 11.6 Å². The molecule has 0 aliphatic carbocycles. The minimum Gasteiger partial charge on any atom is -0.356 e. The van der Waals surface area contributed by atoms with E-state index in [-0.39, 0.29) is 0 Å². The standard InChI is InChI=1S/C13H21ClN4/c1-10-12(14)15-9-16-13(10)18-6-4-11(5-7-18)8-17(2)3/h9,11H,4-8H2,1-3H3. The third-order valence-electron chi connectivity index (χ3n) is 3.53. The topological polar surface area (TPSA) is 32.3 Å². The summed E-state index contributed by atoms with van der Waals surface area (Å²) in [4.78, 5) is 13.0. The van der Waals surface area contributed by atoms with Crippen molar-refractivity contribution in [1.82, 2.24) is 14.9 Å². The van der Waals surface area contributed by atoms with Crippen molar-refractivity contribution in [3.05, 3.63) is 17.0 Å². The number of nitrogens with zero attached hydrogens (tertiary/aromatic N) is 4. The minimum absolute atomic E-state index is 0.565. The van der Waals surface area contributed by atoms with Gasteiger partial charge in [0.25, 0.3) is 0 Å². The lowest BCUT2D eigenvalue weighted by Gasteiger charge is -2.34. The van der Waals surface area contributed by atoms with Crippen LogP contribution in [0.25, 0.3) is 0 Å². The second-order valence-corrected chi connectivity index (χ2v) is 5.66. The molecule has 1 saturated heterocycles. The van der Waals surface area contributed by atoms with Crippen LogP contribution in [-0.2, 0) is 0 Å². The maximum absolute atomic E-state index is 6.05. The van der Waals surface area contributed by atoms with Gasteiger partial charge in [-0.15, -0.1) is 0 Å². The molecule has 100 valence electrons. The van der Waals surface area contributed by atoms with Gasteiger partial charge in [-0.05, 0) is 39.8 Å². The zero-order valence-corrected chi connectivity index (χ0v) is 12.1. The Bertz CT molecular complexity index is 400. The van der Waals surface area contributed by atoms with Gasteiger partial charge in [-0.25, -0.2) is 9.97 Å². The predicted molar refractivity (Wildman–Crippen MR) is 75.3 cm³/mol. The first kappa shape index (κ1) is 13.6. The van der Waals surface area contributed by atoms with Crippen LogP contribution in [0.1, 0.15) is 18.4 Å². The van der Waals surface area contributed by atoms with Crippen molar-refractivity contribution in [3.8, 4) is 0 Å². The van der Waals surface area contributed by atoms with Gasteiger partial charge in [-0.3, -0.25) is 0 Å². The monoisotopic (exact) mass is 268 g/mol. The zero-order valence-electron chi connectivity index (χ0n) is 11.4. The minimum atomic E-state index is 0.565. The first-order chi connectivity index (χ1) is 8.58. The lowest BCUT2D eigenvalue weighted by Crippen LogP contribution is -2.37. The van der Waals surface area contributed by atoms with Crippen molar-refractivity contribution in [3.63, 3.8) is 0 Å². The Kier molecular flexibility index (Phi) is 4.40. The average molecular weight is 269 g/mol. The molecule has 2 heterocycles.